The van der Waals surface area contributed by atoms with Crippen molar-refractivity contribution >= 4 is 40.5 Å². The zero-order chi connectivity index (χ0) is 15.9. The number of hydrogen-bond donors (Lipinski definition) is 2. The minimum atomic E-state index is -0.0264. The Morgan fingerprint density at radius 1 is 1.09 bits per heavy atom. The average molecular weight is 337 g/mol. The van der Waals surface area contributed by atoms with Crippen molar-refractivity contribution in [2.45, 2.75) is 19.8 Å². The standard InChI is InChI=1S/C17H18Cl2N2O/c1-2-12-5-3-4-6-16(12)21-17(22)7-8-20-15-10-13(18)9-14(19)11-15/h3-6,9-11,20H,2,7-8H2,1H3,(H,21,22). The maximum Gasteiger partial charge on any atom is 0.226 e. The molecule has 0 unspecified atom stereocenters. The van der Waals surface area contributed by atoms with Crippen molar-refractivity contribution in [2.24, 2.45) is 0 Å². The fourth-order valence-corrected chi connectivity index (χ4v) is 2.67. The van der Waals surface area contributed by atoms with E-state index in [-0.39, 0.29) is 5.91 Å². The minimum absolute atomic E-state index is 0.0264. The van der Waals surface area contributed by atoms with E-state index in [1.165, 1.54) is 0 Å². The molecule has 5 heteroatoms. The molecule has 0 heterocycles. The second-order valence-electron chi connectivity index (χ2n) is 4.89. The van der Waals surface area contributed by atoms with E-state index < -0.39 is 0 Å². The number of aryl methyl sites for hydroxylation is 1. The Bertz CT molecular complexity index is 639. The van der Waals surface area contributed by atoms with Crippen LogP contribution in [0.3, 0.4) is 0 Å². The summed E-state index contributed by atoms with van der Waals surface area (Å²) in [6.45, 7) is 2.58. The molecule has 0 aliphatic carbocycles. The van der Waals surface area contributed by atoms with E-state index in [2.05, 4.69) is 17.6 Å². The third kappa shape index (κ3) is 4.93. The van der Waals surface area contributed by atoms with Crippen LogP contribution in [0.4, 0.5) is 11.4 Å². The van der Waals surface area contributed by atoms with Gasteiger partial charge in [0.15, 0.2) is 0 Å². The third-order valence-electron chi connectivity index (χ3n) is 3.22. The summed E-state index contributed by atoms with van der Waals surface area (Å²) in [6.07, 6.45) is 1.25. The van der Waals surface area contributed by atoms with Gasteiger partial charge in [-0.15, -0.1) is 0 Å². The van der Waals surface area contributed by atoms with E-state index >= 15 is 0 Å². The summed E-state index contributed by atoms with van der Waals surface area (Å²) in [6, 6.07) is 13.0. The van der Waals surface area contributed by atoms with Crippen LogP contribution in [-0.4, -0.2) is 12.5 Å². The van der Waals surface area contributed by atoms with Crippen molar-refractivity contribution in [3.63, 3.8) is 0 Å². The number of hydrogen-bond acceptors (Lipinski definition) is 2. The minimum Gasteiger partial charge on any atom is -0.384 e. The molecule has 0 aliphatic heterocycles. The molecule has 2 N–H and O–H groups in total. The quantitative estimate of drug-likeness (QED) is 0.779. The number of nitrogens with one attached hydrogen (secondary N) is 2. The van der Waals surface area contributed by atoms with Gasteiger partial charge < -0.3 is 10.6 Å². The molecule has 1 amide bonds. The Hall–Kier alpha value is -1.71. The maximum absolute atomic E-state index is 12.0. The number of amides is 1. The predicted molar refractivity (Wildman–Crippen MR) is 94.0 cm³/mol. The van der Waals surface area contributed by atoms with E-state index in [0.29, 0.717) is 23.0 Å². The average Bonchev–Trinajstić information content (AvgIpc) is 2.46. The number of para-hydroxylation sites is 1. The van der Waals surface area contributed by atoms with Gasteiger partial charge in [-0.25, -0.2) is 0 Å². The van der Waals surface area contributed by atoms with Gasteiger partial charge in [0.05, 0.1) is 0 Å². The van der Waals surface area contributed by atoms with Gasteiger partial charge in [0.2, 0.25) is 5.91 Å². The Morgan fingerprint density at radius 2 is 1.77 bits per heavy atom. The smallest absolute Gasteiger partial charge is 0.226 e. The fourth-order valence-electron chi connectivity index (χ4n) is 2.14. The summed E-state index contributed by atoms with van der Waals surface area (Å²) < 4.78 is 0. The Kier molecular flexibility index (Phi) is 6.10. The zero-order valence-electron chi connectivity index (χ0n) is 12.3. The number of anilines is 2. The van der Waals surface area contributed by atoms with Crippen LogP contribution in [0.1, 0.15) is 18.9 Å². The van der Waals surface area contributed by atoms with Gasteiger partial charge in [-0.3, -0.25) is 4.79 Å². The summed E-state index contributed by atoms with van der Waals surface area (Å²) in [4.78, 5) is 12.0. The highest BCUT2D eigenvalue weighted by molar-refractivity contribution is 6.35. The highest BCUT2D eigenvalue weighted by Gasteiger charge is 2.05. The molecule has 0 fully saturated rings. The normalized spacial score (nSPS) is 10.3. The van der Waals surface area contributed by atoms with Gasteiger partial charge >= 0.3 is 0 Å². The first-order valence-electron chi connectivity index (χ1n) is 7.16. The topological polar surface area (TPSA) is 41.1 Å². The van der Waals surface area contributed by atoms with Crippen LogP contribution in [0.2, 0.25) is 10.0 Å². The molecule has 2 aromatic rings. The van der Waals surface area contributed by atoms with Crippen molar-refractivity contribution in [1.29, 1.82) is 0 Å². The summed E-state index contributed by atoms with van der Waals surface area (Å²) in [5.41, 5.74) is 2.81. The highest BCUT2D eigenvalue weighted by Crippen LogP contribution is 2.22. The molecule has 2 rings (SSSR count). The van der Waals surface area contributed by atoms with Gasteiger partial charge in [-0.05, 0) is 36.2 Å². The highest BCUT2D eigenvalue weighted by atomic mass is 35.5. The van der Waals surface area contributed by atoms with Crippen LogP contribution in [0.5, 0.6) is 0 Å². The van der Waals surface area contributed by atoms with Crippen LogP contribution in [0.25, 0.3) is 0 Å². The number of carbonyl (C=O) groups excluding carboxylic acids is 1. The van der Waals surface area contributed by atoms with Crippen LogP contribution in [0.15, 0.2) is 42.5 Å². The molecule has 116 valence electrons. The van der Waals surface area contributed by atoms with Crippen molar-refractivity contribution < 1.29 is 4.79 Å². The fraction of sp³-hybridized carbons (Fsp3) is 0.235. The summed E-state index contributed by atoms with van der Waals surface area (Å²) >= 11 is 11.9. The molecule has 0 radical (unpaired) electrons. The number of rotatable bonds is 6. The lowest BCUT2D eigenvalue weighted by molar-refractivity contribution is -0.115. The molecule has 0 aromatic heterocycles. The zero-order valence-corrected chi connectivity index (χ0v) is 13.8. The molecule has 0 saturated heterocycles. The van der Waals surface area contributed by atoms with Crippen LogP contribution >= 0.6 is 23.2 Å². The van der Waals surface area contributed by atoms with Gasteiger partial charge in [-0.1, -0.05) is 48.3 Å². The summed E-state index contributed by atoms with van der Waals surface area (Å²) in [7, 11) is 0. The lowest BCUT2D eigenvalue weighted by atomic mass is 10.1. The van der Waals surface area contributed by atoms with Crippen molar-refractivity contribution in [2.75, 3.05) is 17.2 Å². The number of benzene rings is 2. The molecule has 0 bridgehead atoms. The van der Waals surface area contributed by atoms with E-state index in [4.69, 9.17) is 23.2 Å². The first-order chi connectivity index (χ1) is 10.6. The van der Waals surface area contributed by atoms with Gasteiger partial charge in [0.1, 0.15) is 0 Å². The Balaban J connectivity index is 1.85. The van der Waals surface area contributed by atoms with Gasteiger partial charge in [0, 0.05) is 34.4 Å². The van der Waals surface area contributed by atoms with E-state index in [1.54, 1.807) is 18.2 Å². The monoisotopic (exact) mass is 336 g/mol. The van der Waals surface area contributed by atoms with E-state index in [0.717, 1.165) is 23.4 Å². The SMILES string of the molecule is CCc1ccccc1NC(=O)CCNc1cc(Cl)cc(Cl)c1. The maximum atomic E-state index is 12.0. The molecular weight excluding hydrogens is 319 g/mol. The lowest BCUT2D eigenvalue weighted by Gasteiger charge is -2.11. The second-order valence-corrected chi connectivity index (χ2v) is 5.77. The van der Waals surface area contributed by atoms with Gasteiger partial charge in [-0.2, -0.15) is 0 Å². The molecule has 0 saturated carbocycles. The van der Waals surface area contributed by atoms with Crippen molar-refractivity contribution in [3.05, 3.63) is 58.1 Å². The Labute approximate surface area is 140 Å². The molecule has 0 spiro atoms. The molecule has 3 nitrogen and oxygen atoms in total. The molecule has 2 aromatic carbocycles. The lowest BCUT2D eigenvalue weighted by Crippen LogP contribution is -2.17. The first-order valence-corrected chi connectivity index (χ1v) is 7.92. The van der Waals surface area contributed by atoms with Crippen LogP contribution in [0, 0.1) is 0 Å². The van der Waals surface area contributed by atoms with Crippen LogP contribution < -0.4 is 10.6 Å². The Morgan fingerprint density at radius 3 is 2.45 bits per heavy atom. The van der Waals surface area contributed by atoms with Crippen LogP contribution in [-0.2, 0) is 11.2 Å². The second kappa shape index (κ2) is 8.06. The summed E-state index contributed by atoms with van der Waals surface area (Å²) in [5, 5.41) is 7.21. The molecule has 0 atom stereocenters. The number of halogens is 2. The van der Waals surface area contributed by atoms with Crippen molar-refractivity contribution in [1.82, 2.24) is 0 Å². The first kappa shape index (κ1) is 16.7. The summed E-state index contributed by atoms with van der Waals surface area (Å²) in [5.74, 6) is -0.0264. The number of carbonyl (C=O) groups is 1. The van der Waals surface area contributed by atoms with Gasteiger partial charge in [0.25, 0.3) is 0 Å². The largest absolute Gasteiger partial charge is 0.384 e. The predicted octanol–water partition coefficient (Wildman–Crippen LogP) is 5.00. The van der Waals surface area contributed by atoms with Crippen molar-refractivity contribution in [3.8, 4) is 0 Å². The third-order valence-corrected chi connectivity index (χ3v) is 3.65. The molecule has 0 aliphatic rings. The molecular formula is C17H18Cl2N2O. The van der Waals surface area contributed by atoms with E-state index in [1.807, 2.05) is 24.3 Å². The van der Waals surface area contributed by atoms with E-state index in [9.17, 15) is 4.79 Å². The molecule has 22 heavy (non-hydrogen) atoms.